The van der Waals surface area contributed by atoms with Gasteiger partial charge in [-0.05, 0) is 23.6 Å². The van der Waals surface area contributed by atoms with Crippen LogP contribution in [0.3, 0.4) is 0 Å². The third kappa shape index (κ3) is 4.45. The van der Waals surface area contributed by atoms with E-state index in [0.717, 1.165) is 32.1 Å². The molecule has 1 saturated heterocycles. The number of aliphatic hydroxyl groups is 1. The van der Waals surface area contributed by atoms with E-state index < -0.39 is 0 Å². The Morgan fingerprint density at radius 1 is 1.05 bits per heavy atom. The van der Waals surface area contributed by atoms with Crippen molar-refractivity contribution in [3.05, 3.63) is 29.8 Å². The highest BCUT2D eigenvalue weighted by Gasteiger charge is 2.24. The fourth-order valence-corrected chi connectivity index (χ4v) is 3.20. The lowest BCUT2D eigenvalue weighted by Crippen LogP contribution is -2.49. The van der Waals surface area contributed by atoms with Crippen molar-refractivity contribution in [2.24, 2.45) is 5.92 Å². The van der Waals surface area contributed by atoms with Crippen LogP contribution in [0, 0.1) is 5.92 Å². The largest absolute Gasteiger partial charge is 0.394 e. The molecule has 0 spiro atoms. The zero-order chi connectivity index (χ0) is 16.1. The van der Waals surface area contributed by atoms with Crippen LogP contribution in [0.1, 0.15) is 25.5 Å². The van der Waals surface area contributed by atoms with E-state index in [9.17, 15) is 5.11 Å². The van der Waals surface area contributed by atoms with Gasteiger partial charge in [-0.25, -0.2) is 0 Å². The van der Waals surface area contributed by atoms with Gasteiger partial charge in [0.25, 0.3) is 0 Å². The molecule has 0 aromatic heterocycles. The van der Waals surface area contributed by atoms with Gasteiger partial charge in [-0.1, -0.05) is 26.0 Å². The molecule has 22 heavy (non-hydrogen) atoms. The Balaban J connectivity index is 1.97. The van der Waals surface area contributed by atoms with Gasteiger partial charge in [-0.15, -0.1) is 0 Å². The average molecular weight is 305 g/mol. The lowest BCUT2D eigenvalue weighted by atomic mass is 10.0. The van der Waals surface area contributed by atoms with Gasteiger partial charge in [0, 0.05) is 52.5 Å². The minimum absolute atomic E-state index is 0.123. The maximum atomic E-state index is 9.86. The van der Waals surface area contributed by atoms with Crippen LogP contribution < -0.4 is 4.90 Å². The second-order valence-electron chi connectivity index (χ2n) is 6.91. The highest BCUT2D eigenvalue weighted by atomic mass is 16.3. The Kier molecular flexibility index (Phi) is 6.24. The molecule has 1 aromatic carbocycles. The van der Waals surface area contributed by atoms with Crippen LogP contribution in [0.2, 0.25) is 0 Å². The summed E-state index contributed by atoms with van der Waals surface area (Å²) in [4.78, 5) is 7.05. The number of anilines is 1. The Bertz CT molecular complexity index is 436. The molecule has 0 saturated carbocycles. The van der Waals surface area contributed by atoms with Gasteiger partial charge in [0.1, 0.15) is 0 Å². The van der Waals surface area contributed by atoms with Crippen molar-refractivity contribution >= 4 is 5.69 Å². The molecule has 1 aromatic rings. The van der Waals surface area contributed by atoms with Crippen LogP contribution in [0.15, 0.2) is 24.3 Å². The number of rotatable bonds is 6. The zero-order valence-electron chi connectivity index (χ0n) is 14.5. The van der Waals surface area contributed by atoms with Crippen LogP contribution >= 0.6 is 0 Å². The topological polar surface area (TPSA) is 30.0 Å². The maximum absolute atomic E-state index is 9.86. The van der Waals surface area contributed by atoms with Crippen LogP contribution in [-0.4, -0.2) is 68.3 Å². The summed E-state index contributed by atoms with van der Waals surface area (Å²) in [5, 5.41) is 9.86. The Labute approximate surface area is 135 Å². The molecule has 1 unspecified atom stereocenters. The van der Waals surface area contributed by atoms with Crippen molar-refractivity contribution in [2.75, 3.05) is 58.3 Å². The van der Waals surface area contributed by atoms with Crippen molar-refractivity contribution in [2.45, 2.75) is 19.9 Å². The van der Waals surface area contributed by atoms with Crippen LogP contribution in [0.4, 0.5) is 5.69 Å². The van der Waals surface area contributed by atoms with E-state index in [1.807, 2.05) is 14.1 Å². The molecular weight excluding hydrogens is 274 g/mol. The molecule has 0 amide bonds. The van der Waals surface area contributed by atoms with Gasteiger partial charge < -0.3 is 14.9 Å². The predicted octanol–water partition coefficient (Wildman–Crippen LogP) is 2.06. The number of nitrogens with zero attached hydrogens (tertiary/aromatic N) is 3. The molecule has 0 bridgehead atoms. The molecule has 124 valence electrons. The molecule has 2 rings (SSSR count). The number of piperazine rings is 1. The molecular formula is C18H31N3O. The third-order valence-corrected chi connectivity index (χ3v) is 4.44. The van der Waals surface area contributed by atoms with E-state index in [0.29, 0.717) is 0 Å². The minimum Gasteiger partial charge on any atom is -0.394 e. The molecule has 1 aliphatic rings. The summed E-state index contributed by atoms with van der Waals surface area (Å²) in [6, 6.07) is 8.69. The predicted molar refractivity (Wildman–Crippen MR) is 93.4 cm³/mol. The summed E-state index contributed by atoms with van der Waals surface area (Å²) in [6.07, 6.45) is 0. The molecule has 1 N–H and O–H groups in total. The standard InChI is InChI=1S/C18H31N3O/c1-15(2)13-20-9-11-21(12-10-20)18(14-22)16-5-7-17(8-6-16)19(3)4/h5-8,15,18,22H,9-14H2,1-4H3. The monoisotopic (exact) mass is 305 g/mol. The fraction of sp³-hybridized carbons (Fsp3) is 0.667. The van der Waals surface area contributed by atoms with Crippen molar-refractivity contribution in [1.29, 1.82) is 0 Å². The van der Waals surface area contributed by atoms with E-state index in [1.165, 1.54) is 17.8 Å². The Morgan fingerprint density at radius 3 is 2.09 bits per heavy atom. The Hall–Kier alpha value is -1.10. The second kappa shape index (κ2) is 7.95. The minimum atomic E-state index is 0.123. The molecule has 1 fully saturated rings. The SMILES string of the molecule is CC(C)CN1CCN(C(CO)c2ccc(N(C)C)cc2)CC1. The molecule has 4 heteroatoms. The highest BCUT2D eigenvalue weighted by Crippen LogP contribution is 2.24. The summed E-state index contributed by atoms with van der Waals surface area (Å²) >= 11 is 0. The molecule has 0 radical (unpaired) electrons. The average Bonchev–Trinajstić information content (AvgIpc) is 2.49. The quantitative estimate of drug-likeness (QED) is 0.871. The van der Waals surface area contributed by atoms with Gasteiger partial charge >= 0.3 is 0 Å². The number of benzene rings is 1. The number of hydrogen-bond acceptors (Lipinski definition) is 4. The molecule has 1 atom stereocenters. The Morgan fingerprint density at radius 2 is 1.64 bits per heavy atom. The summed E-state index contributed by atoms with van der Waals surface area (Å²) in [5.74, 6) is 0.721. The lowest BCUT2D eigenvalue weighted by molar-refractivity contribution is 0.0606. The summed E-state index contributed by atoms with van der Waals surface area (Å²) in [7, 11) is 4.10. The normalized spacial score (nSPS) is 18.6. The first-order valence-corrected chi connectivity index (χ1v) is 8.35. The molecule has 1 aliphatic heterocycles. The van der Waals surface area contributed by atoms with Gasteiger partial charge in [-0.2, -0.15) is 0 Å². The third-order valence-electron chi connectivity index (χ3n) is 4.44. The molecule has 0 aliphatic carbocycles. The highest BCUT2D eigenvalue weighted by molar-refractivity contribution is 5.46. The first-order valence-electron chi connectivity index (χ1n) is 8.35. The van der Waals surface area contributed by atoms with E-state index in [1.54, 1.807) is 0 Å². The summed E-state index contributed by atoms with van der Waals surface area (Å²) in [6.45, 7) is 10.2. The van der Waals surface area contributed by atoms with Crippen molar-refractivity contribution in [3.8, 4) is 0 Å². The van der Waals surface area contributed by atoms with E-state index >= 15 is 0 Å². The van der Waals surface area contributed by atoms with E-state index in [-0.39, 0.29) is 12.6 Å². The zero-order valence-corrected chi connectivity index (χ0v) is 14.5. The van der Waals surface area contributed by atoms with Crippen LogP contribution in [0.5, 0.6) is 0 Å². The van der Waals surface area contributed by atoms with E-state index in [2.05, 4.69) is 52.8 Å². The van der Waals surface area contributed by atoms with E-state index in [4.69, 9.17) is 0 Å². The summed E-state index contributed by atoms with van der Waals surface area (Å²) < 4.78 is 0. The van der Waals surface area contributed by atoms with Crippen molar-refractivity contribution in [3.63, 3.8) is 0 Å². The maximum Gasteiger partial charge on any atom is 0.0628 e. The smallest absolute Gasteiger partial charge is 0.0628 e. The first kappa shape index (κ1) is 17.3. The van der Waals surface area contributed by atoms with Crippen molar-refractivity contribution in [1.82, 2.24) is 9.80 Å². The lowest BCUT2D eigenvalue weighted by Gasteiger charge is -2.39. The van der Waals surface area contributed by atoms with Gasteiger partial charge in [0.2, 0.25) is 0 Å². The van der Waals surface area contributed by atoms with Gasteiger partial charge in [-0.3, -0.25) is 4.90 Å². The van der Waals surface area contributed by atoms with Crippen LogP contribution in [-0.2, 0) is 0 Å². The fourth-order valence-electron chi connectivity index (χ4n) is 3.20. The molecule has 4 nitrogen and oxygen atoms in total. The van der Waals surface area contributed by atoms with Gasteiger partial charge in [0.05, 0.1) is 12.6 Å². The number of aliphatic hydroxyl groups excluding tert-OH is 1. The van der Waals surface area contributed by atoms with Crippen molar-refractivity contribution < 1.29 is 5.11 Å². The van der Waals surface area contributed by atoms with Crippen LogP contribution in [0.25, 0.3) is 0 Å². The molecule has 1 heterocycles. The summed E-state index contributed by atoms with van der Waals surface area (Å²) in [5.41, 5.74) is 2.41. The number of hydrogen-bond donors (Lipinski definition) is 1. The second-order valence-corrected chi connectivity index (χ2v) is 6.91. The first-order chi connectivity index (χ1) is 10.5. The van der Waals surface area contributed by atoms with Gasteiger partial charge in [0.15, 0.2) is 0 Å².